The summed E-state index contributed by atoms with van der Waals surface area (Å²) in [4.78, 5) is 11.3. The van der Waals surface area contributed by atoms with Crippen LogP contribution in [0, 0.1) is 0 Å². The van der Waals surface area contributed by atoms with Gasteiger partial charge >= 0.3 is 0 Å². The van der Waals surface area contributed by atoms with Crippen LogP contribution in [0.15, 0.2) is 24.3 Å². The fourth-order valence-electron chi connectivity index (χ4n) is 1.69. The fraction of sp³-hybridized carbons (Fsp3) is 0.462. The van der Waals surface area contributed by atoms with Gasteiger partial charge in [-0.2, -0.15) is 0 Å². The van der Waals surface area contributed by atoms with Gasteiger partial charge in [0.05, 0.1) is 0 Å². The van der Waals surface area contributed by atoms with Gasteiger partial charge in [0.1, 0.15) is 0 Å². The Labute approximate surface area is 97.0 Å². The summed E-state index contributed by atoms with van der Waals surface area (Å²) in [6.07, 6.45) is 1.49. The molecule has 0 fully saturated rings. The minimum atomic E-state index is 0.0371. The van der Waals surface area contributed by atoms with Crippen molar-refractivity contribution in [2.24, 2.45) is 5.73 Å². The lowest BCUT2D eigenvalue weighted by atomic mass is 9.94. The van der Waals surface area contributed by atoms with Gasteiger partial charge in [0.15, 0.2) is 0 Å². The van der Waals surface area contributed by atoms with Gasteiger partial charge < -0.3 is 11.1 Å². The number of benzene rings is 1. The van der Waals surface area contributed by atoms with Crippen LogP contribution in [0.25, 0.3) is 0 Å². The van der Waals surface area contributed by atoms with E-state index in [0.717, 1.165) is 12.0 Å². The van der Waals surface area contributed by atoms with E-state index in [1.54, 1.807) is 7.05 Å². The number of amides is 1. The van der Waals surface area contributed by atoms with E-state index in [2.05, 4.69) is 36.5 Å². The Balaban J connectivity index is 2.74. The number of rotatable bonds is 5. The van der Waals surface area contributed by atoms with Crippen LogP contribution in [-0.2, 0) is 11.2 Å². The van der Waals surface area contributed by atoms with Crippen LogP contribution in [0.2, 0.25) is 0 Å². The SMILES string of the molecule is CCc1ccc(C(CN)CC(=O)NC)cc1. The second-order valence-electron chi connectivity index (χ2n) is 3.91. The van der Waals surface area contributed by atoms with Gasteiger partial charge in [-0.3, -0.25) is 4.79 Å². The Morgan fingerprint density at radius 1 is 1.38 bits per heavy atom. The molecular formula is C13H20N2O. The average molecular weight is 220 g/mol. The molecule has 3 nitrogen and oxygen atoms in total. The number of carbonyl (C=O) groups excluding carboxylic acids is 1. The topological polar surface area (TPSA) is 55.1 Å². The van der Waals surface area contributed by atoms with Crippen molar-refractivity contribution in [3.63, 3.8) is 0 Å². The lowest BCUT2D eigenvalue weighted by Gasteiger charge is -2.14. The van der Waals surface area contributed by atoms with Crippen molar-refractivity contribution >= 4 is 5.91 Å². The predicted molar refractivity (Wildman–Crippen MR) is 66.3 cm³/mol. The van der Waals surface area contributed by atoms with Crippen LogP contribution in [0.5, 0.6) is 0 Å². The average Bonchev–Trinajstić information content (AvgIpc) is 2.35. The van der Waals surface area contributed by atoms with Crippen LogP contribution in [0.3, 0.4) is 0 Å². The first-order valence-electron chi connectivity index (χ1n) is 5.70. The number of nitrogens with two attached hydrogens (primary N) is 1. The molecule has 88 valence electrons. The van der Waals surface area contributed by atoms with Crippen LogP contribution < -0.4 is 11.1 Å². The smallest absolute Gasteiger partial charge is 0.220 e. The Morgan fingerprint density at radius 3 is 2.44 bits per heavy atom. The molecule has 0 spiro atoms. The van der Waals surface area contributed by atoms with Gasteiger partial charge in [-0.05, 0) is 24.1 Å². The van der Waals surface area contributed by atoms with E-state index in [1.807, 2.05) is 0 Å². The van der Waals surface area contributed by atoms with Crippen molar-refractivity contribution in [2.75, 3.05) is 13.6 Å². The van der Waals surface area contributed by atoms with Crippen LogP contribution in [0.1, 0.15) is 30.4 Å². The number of hydrogen-bond acceptors (Lipinski definition) is 2. The van der Waals surface area contributed by atoms with Gasteiger partial charge in [-0.1, -0.05) is 31.2 Å². The maximum absolute atomic E-state index is 11.3. The molecule has 0 aliphatic carbocycles. The zero-order chi connectivity index (χ0) is 12.0. The van der Waals surface area contributed by atoms with E-state index in [0.29, 0.717) is 13.0 Å². The van der Waals surface area contributed by atoms with Crippen LogP contribution >= 0.6 is 0 Å². The van der Waals surface area contributed by atoms with E-state index in [4.69, 9.17) is 5.73 Å². The van der Waals surface area contributed by atoms with E-state index in [-0.39, 0.29) is 11.8 Å². The first-order chi connectivity index (χ1) is 7.71. The van der Waals surface area contributed by atoms with Crippen molar-refractivity contribution in [3.05, 3.63) is 35.4 Å². The molecule has 1 aromatic rings. The molecule has 1 aromatic carbocycles. The summed E-state index contributed by atoms with van der Waals surface area (Å²) in [6, 6.07) is 8.34. The minimum absolute atomic E-state index is 0.0371. The van der Waals surface area contributed by atoms with Crippen molar-refractivity contribution in [3.8, 4) is 0 Å². The zero-order valence-corrected chi connectivity index (χ0v) is 9.99. The largest absolute Gasteiger partial charge is 0.359 e. The molecule has 3 N–H and O–H groups in total. The first kappa shape index (κ1) is 12.7. The lowest BCUT2D eigenvalue weighted by Crippen LogP contribution is -2.24. The maximum atomic E-state index is 11.3. The Hall–Kier alpha value is -1.35. The van der Waals surface area contributed by atoms with Gasteiger partial charge in [0, 0.05) is 19.4 Å². The molecule has 0 aliphatic heterocycles. The third kappa shape index (κ3) is 3.35. The highest BCUT2D eigenvalue weighted by molar-refractivity contribution is 5.76. The molecule has 0 saturated heterocycles. The van der Waals surface area contributed by atoms with Crippen molar-refractivity contribution < 1.29 is 4.79 Å². The van der Waals surface area contributed by atoms with E-state index in [9.17, 15) is 4.79 Å². The van der Waals surface area contributed by atoms with Gasteiger partial charge in [-0.25, -0.2) is 0 Å². The molecule has 1 amide bonds. The summed E-state index contributed by atoms with van der Waals surface area (Å²) in [5, 5.41) is 2.63. The molecule has 16 heavy (non-hydrogen) atoms. The van der Waals surface area contributed by atoms with Crippen molar-refractivity contribution in [2.45, 2.75) is 25.7 Å². The summed E-state index contributed by atoms with van der Waals surface area (Å²) >= 11 is 0. The van der Waals surface area contributed by atoms with Crippen molar-refractivity contribution in [1.29, 1.82) is 0 Å². The summed E-state index contributed by atoms with van der Waals surface area (Å²) < 4.78 is 0. The van der Waals surface area contributed by atoms with Crippen LogP contribution in [0.4, 0.5) is 0 Å². The third-order valence-corrected chi connectivity index (χ3v) is 2.85. The summed E-state index contributed by atoms with van der Waals surface area (Å²) in [7, 11) is 1.65. The van der Waals surface area contributed by atoms with E-state index in [1.165, 1.54) is 5.56 Å². The quantitative estimate of drug-likeness (QED) is 0.788. The second-order valence-corrected chi connectivity index (χ2v) is 3.91. The highest BCUT2D eigenvalue weighted by Gasteiger charge is 2.13. The first-order valence-corrected chi connectivity index (χ1v) is 5.70. The molecule has 0 aromatic heterocycles. The molecule has 3 heteroatoms. The Bertz CT molecular complexity index is 332. The van der Waals surface area contributed by atoms with E-state index >= 15 is 0 Å². The standard InChI is InChI=1S/C13H20N2O/c1-3-10-4-6-11(7-5-10)12(9-14)8-13(16)15-2/h4-7,12H,3,8-9,14H2,1-2H3,(H,15,16). The molecule has 1 unspecified atom stereocenters. The van der Waals surface area contributed by atoms with Crippen molar-refractivity contribution in [1.82, 2.24) is 5.32 Å². The highest BCUT2D eigenvalue weighted by Crippen LogP contribution is 2.19. The summed E-state index contributed by atoms with van der Waals surface area (Å²) in [5.41, 5.74) is 8.15. The highest BCUT2D eigenvalue weighted by atomic mass is 16.1. The molecular weight excluding hydrogens is 200 g/mol. The van der Waals surface area contributed by atoms with Crippen LogP contribution in [-0.4, -0.2) is 19.5 Å². The van der Waals surface area contributed by atoms with Gasteiger partial charge in [-0.15, -0.1) is 0 Å². The summed E-state index contributed by atoms with van der Waals surface area (Å²) in [5.74, 6) is 0.154. The fourth-order valence-corrected chi connectivity index (χ4v) is 1.69. The molecule has 0 radical (unpaired) electrons. The molecule has 1 rings (SSSR count). The Morgan fingerprint density at radius 2 is 2.00 bits per heavy atom. The van der Waals surface area contributed by atoms with Gasteiger partial charge in [0.25, 0.3) is 0 Å². The minimum Gasteiger partial charge on any atom is -0.359 e. The lowest BCUT2D eigenvalue weighted by molar-refractivity contribution is -0.120. The summed E-state index contributed by atoms with van der Waals surface area (Å²) in [6.45, 7) is 2.62. The molecule has 0 heterocycles. The number of hydrogen-bond donors (Lipinski definition) is 2. The monoisotopic (exact) mass is 220 g/mol. The molecule has 1 atom stereocenters. The molecule has 0 saturated carbocycles. The number of aryl methyl sites for hydroxylation is 1. The number of nitrogens with one attached hydrogen (secondary N) is 1. The van der Waals surface area contributed by atoms with Gasteiger partial charge in [0.2, 0.25) is 5.91 Å². The maximum Gasteiger partial charge on any atom is 0.220 e. The zero-order valence-electron chi connectivity index (χ0n) is 9.99. The molecule has 0 aliphatic rings. The Kier molecular flexibility index (Phi) is 4.99. The second kappa shape index (κ2) is 6.28. The number of carbonyl (C=O) groups is 1. The van der Waals surface area contributed by atoms with E-state index < -0.39 is 0 Å². The third-order valence-electron chi connectivity index (χ3n) is 2.85. The predicted octanol–water partition coefficient (Wildman–Crippen LogP) is 1.43. The normalized spacial score (nSPS) is 12.2. The molecule has 0 bridgehead atoms.